The second-order valence-corrected chi connectivity index (χ2v) is 25.9. The van der Waals surface area contributed by atoms with Crippen LogP contribution in [-0.4, -0.2) is 221 Å². The Morgan fingerprint density at radius 3 is 1.82 bits per heavy atom. The maximum atomic E-state index is 14.7. The standard InChI is InChI=1S/C53H84O23/c1-48(2)14-16-53(47(68)76-45-36(63)33(60)31(58)26(20-55)71-45)17-15-51(6)22(23(53)18-48)8-9-28-50(5)12-11-29(49(3,4)27(50)10-13-52(28,51)7)72-46-37(64)34(61)40(41(75-46)42(66)67)74-43-38(65)39(24(56)21-69-43)73-44-35(62)32(59)30(57)25(19-54)70-44/h8,23-41,43-46,54-65H,9-21H2,1-7H3,(H,66,67)/t23-,24+,25+,26+,27-,28+,29-,30-,31+,32-,33-,34+,35+,36+,37+,38+,39-,40-,41-,43+,44+,45-,46+,50-,51+,52+,53-/m0/s1. The van der Waals surface area contributed by atoms with Crippen LogP contribution in [0.1, 0.15) is 113 Å². The predicted molar refractivity (Wildman–Crippen MR) is 257 cm³/mol. The number of carboxylic acids is 1. The maximum absolute atomic E-state index is 14.7. The second-order valence-electron chi connectivity index (χ2n) is 25.9. The van der Waals surface area contributed by atoms with Crippen LogP contribution in [0.2, 0.25) is 0 Å². The fourth-order valence-electron chi connectivity index (χ4n) is 16.2. The summed E-state index contributed by atoms with van der Waals surface area (Å²) < 4.78 is 46.5. The molecule has 434 valence electrons. The maximum Gasteiger partial charge on any atom is 0.335 e. The number of aliphatic carboxylic acids is 1. The van der Waals surface area contributed by atoms with Crippen molar-refractivity contribution >= 4 is 11.9 Å². The van der Waals surface area contributed by atoms with E-state index in [0.29, 0.717) is 32.1 Å². The summed E-state index contributed by atoms with van der Waals surface area (Å²) in [6.07, 6.45) is -24.0. The molecule has 76 heavy (non-hydrogen) atoms. The predicted octanol–water partition coefficient (Wildman–Crippen LogP) is -1.30. The highest BCUT2D eigenvalue weighted by atomic mass is 16.8. The summed E-state index contributed by atoms with van der Waals surface area (Å²) in [5.74, 6) is -2.01. The molecule has 4 saturated carbocycles. The van der Waals surface area contributed by atoms with Gasteiger partial charge in [0.1, 0.15) is 85.5 Å². The van der Waals surface area contributed by atoms with Crippen LogP contribution in [-0.2, 0) is 47.5 Å². The van der Waals surface area contributed by atoms with Crippen molar-refractivity contribution in [1.82, 2.24) is 0 Å². The number of hydrogen-bond acceptors (Lipinski definition) is 22. The molecule has 9 aliphatic rings. The van der Waals surface area contributed by atoms with Gasteiger partial charge in [-0.05, 0) is 109 Å². The zero-order valence-corrected chi connectivity index (χ0v) is 44.4. The summed E-state index contributed by atoms with van der Waals surface area (Å²) in [7, 11) is 0. The van der Waals surface area contributed by atoms with Gasteiger partial charge in [0.05, 0.1) is 31.3 Å². The van der Waals surface area contributed by atoms with Gasteiger partial charge in [0, 0.05) is 0 Å². The van der Waals surface area contributed by atoms with Crippen LogP contribution in [0.25, 0.3) is 0 Å². The zero-order valence-electron chi connectivity index (χ0n) is 44.4. The molecule has 0 aromatic heterocycles. The third kappa shape index (κ3) is 9.42. The normalized spacial score (nSPS) is 52.9. The van der Waals surface area contributed by atoms with Crippen LogP contribution >= 0.6 is 0 Å². The molecule has 8 fully saturated rings. The average molecular weight is 1090 g/mol. The minimum Gasteiger partial charge on any atom is -0.479 e. The van der Waals surface area contributed by atoms with E-state index in [-0.39, 0.29) is 39.4 Å². The molecule has 4 heterocycles. The number of aliphatic hydroxyl groups is 12. The number of allylic oxidation sites excluding steroid dienone is 2. The summed E-state index contributed by atoms with van der Waals surface area (Å²) in [6.45, 7) is 13.8. The SMILES string of the molecule is CC1(C)CC[C@]2(C(=O)O[C@@H]3O[C@H](CO)[C@@H](O)[C@H](O)[C@H]3O)CC[C@]3(C)C(=CC[C@@H]4[C@@]5(C)CC[C@H](O[C@@H]6O[C@H](C(=O)O)[C@@H](O[C@H]7OC[C@@H](O)[C@H](O[C@H]8O[C@H](CO)[C@H](O)[C@H](O)[C@H]8O)[C@H]7O)[C@H](O)[C@H]6O)C(C)(C)[C@@H]5CC[C@]43C)[C@@H]2C1. The zero-order chi connectivity index (χ0) is 55.6. The van der Waals surface area contributed by atoms with Crippen molar-refractivity contribution in [1.29, 1.82) is 0 Å². The van der Waals surface area contributed by atoms with E-state index in [1.807, 2.05) is 0 Å². The van der Waals surface area contributed by atoms with Crippen molar-refractivity contribution in [2.45, 2.75) is 235 Å². The molecule has 0 unspecified atom stereocenters. The summed E-state index contributed by atoms with van der Waals surface area (Å²) in [4.78, 5) is 27.6. The minimum absolute atomic E-state index is 0.0793. The Kier molecular flexibility index (Phi) is 16.2. The number of carbonyl (C=O) groups is 2. The number of fused-ring (bicyclic) bond motifs is 7. The molecule has 0 spiro atoms. The third-order valence-electron chi connectivity index (χ3n) is 21.0. The van der Waals surface area contributed by atoms with Gasteiger partial charge in [0.15, 0.2) is 25.0 Å². The molecule has 5 aliphatic carbocycles. The number of rotatable bonds is 11. The van der Waals surface area contributed by atoms with Gasteiger partial charge in [-0.2, -0.15) is 0 Å². The average Bonchev–Trinajstić information content (AvgIpc) is 3.38. The molecular weight excluding hydrogens is 1000 g/mol. The molecule has 27 atom stereocenters. The van der Waals surface area contributed by atoms with E-state index in [1.54, 1.807) is 0 Å². The quantitative estimate of drug-likeness (QED) is 0.0649. The highest BCUT2D eigenvalue weighted by molar-refractivity contribution is 5.79. The lowest BCUT2D eigenvalue weighted by Gasteiger charge is -2.71. The van der Waals surface area contributed by atoms with Gasteiger partial charge in [0.2, 0.25) is 6.29 Å². The number of carboxylic acid groups (broad SMARTS) is 1. The van der Waals surface area contributed by atoms with Crippen molar-refractivity contribution in [3.63, 3.8) is 0 Å². The van der Waals surface area contributed by atoms with E-state index in [4.69, 9.17) is 37.9 Å². The number of aliphatic hydroxyl groups excluding tert-OH is 12. The molecule has 23 nitrogen and oxygen atoms in total. The largest absolute Gasteiger partial charge is 0.479 e. The molecule has 4 aliphatic heterocycles. The van der Waals surface area contributed by atoms with Crippen LogP contribution < -0.4 is 0 Å². The van der Waals surface area contributed by atoms with Gasteiger partial charge < -0.3 is 104 Å². The molecular formula is C53H84O23. The molecule has 0 aromatic rings. The van der Waals surface area contributed by atoms with E-state index in [1.165, 1.54) is 5.57 Å². The summed E-state index contributed by atoms with van der Waals surface area (Å²) in [5.41, 5.74) is -1.10. The second kappa shape index (κ2) is 21.0. The molecule has 0 amide bonds. The smallest absolute Gasteiger partial charge is 0.335 e. The van der Waals surface area contributed by atoms with Gasteiger partial charge in [-0.1, -0.05) is 60.1 Å². The van der Waals surface area contributed by atoms with E-state index >= 15 is 0 Å². The van der Waals surface area contributed by atoms with Crippen LogP contribution in [0.3, 0.4) is 0 Å². The molecule has 0 radical (unpaired) electrons. The molecule has 13 N–H and O–H groups in total. The van der Waals surface area contributed by atoms with Gasteiger partial charge in [0.25, 0.3) is 0 Å². The monoisotopic (exact) mass is 1090 g/mol. The van der Waals surface area contributed by atoms with Crippen LogP contribution in [0.4, 0.5) is 0 Å². The Morgan fingerprint density at radius 1 is 0.605 bits per heavy atom. The van der Waals surface area contributed by atoms with Crippen LogP contribution in [0.5, 0.6) is 0 Å². The van der Waals surface area contributed by atoms with Gasteiger partial charge >= 0.3 is 11.9 Å². The summed E-state index contributed by atoms with van der Waals surface area (Å²) in [6, 6.07) is 0. The lowest BCUT2D eigenvalue weighted by molar-refractivity contribution is -0.370. The van der Waals surface area contributed by atoms with Crippen molar-refractivity contribution in [2.75, 3.05) is 19.8 Å². The fourth-order valence-corrected chi connectivity index (χ4v) is 16.2. The van der Waals surface area contributed by atoms with Gasteiger partial charge in [-0.25, -0.2) is 4.79 Å². The molecule has 0 aromatic carbocycles. The minimum atomic E-state index is -1.97. The first kappa shape index (κ1) is 58.6. The van der Waals surface area contributed by atoms with Crippen molar-refractivity contribution in [2.24, 2.45) is 50.2 Å². The van der Waals surface area contributed by atoms with Crippen molar-refractivity contribution in [3.05, 3.63) is 11.6 Å². The Balaban J connectivity index is 0.893. The first-order valence-electron chi connectivity index (χ1n) is 27.2. The number of esters is 1. The first-order valence-corrected chi connectivity index (χ1v) is 27.2. The Morgan fingerprint density at radius 2 is 1.18 bits per heavy atom. The van der Waals surface area contributed by atoms with Gasteiger partial charge in [-0.3, -0.25) is 4.79 Å². The number of carbonyl (C=O) groups excluding carboxylic acids is 1. The Bertz CT molecular complexity index is 2140. The lowest BCUT2D eigenvalue weighted by Crippen LogP contribution is -2.67. The molecule has 0 bridgehead atoms. The fraction of sp³-hybridized carbons (Fsp3) is 0.925. The van der Waals surface area contributed by atoms with Crippen molar-refractivity contribution < 1.29 is 114 Å². The van der Waals surface area contributed by atoms with Crippen LogP contribution in [0, 0.1) is 50.2 Å². The van der Waals surface area contributed by atoms with Crippen LogP contribution in [0.15, 0.2) is 11.6 Å². The van der Waals surface area contributed by atoms with E-state index < -0.39 is 165 Å². The summed E-state index contributed by atoms with van der Waals surface area (Å²) in [5, 5.41) is 138. The third-order valence-corrected chi connectivity index (χ3v) is 21.0. The van der Waals surface area contributed by atoms with Crippen molar-refractivity contribution in [3.8, 4) is 0 Å². The van der Waals surface area contributed by atoms with E-state index in [0.717, 1.165) is 32.1 Å². The molecule has 9 rings (SSSR count). The van der Waals surface area contributed by atoms with E-state index in [9.17, 15) is 76.0 Å². The first-order chi connectivity index (χ1) is 35.5. The molecule has 23 heteroatoms. The molecule has 4 saturated heterocycles. The Labute approximate surface area is 442 Å². The Hall–Kier alpha value is -2.08. The number of ether oxygens (including phenoxy) is 8. The highest BCUT2D eigenvalue weighted by Gasteiger charge is 2.70. The topological polar surface area (TPSA) is 371 Å². The van der Waals surface area contributed by atoms with E-state index in [2.05, 4.69) is 54.5 Å². The van der Waals surface area contributed by atoms with Gasteiger partial charge in [-0.15, -0.1) is 0 Å². The number of hydrogen-bond donors (Lipinski definition) is 13. The summed E-state index contributed by atoms with van der Waals surface area (Å²) >= 11 is 0. The highest BCUT2D eigenvalue weighted by Crippen LogP contribution is 2.76. The lowest BCUT2D eigenvalue weighted by atomic mass is 9.33.